The van der Waals surface area contributed by atoms with Crippen molar-refractivity contribution in [1.29, 1.82) is 0 Å². The first kappa shape index (κ1) is 23.3. The lowest BCUT2D eigenvalue weighted by Crippen LogP contribution is -2.17. The summed E-state index contributed by atoms with van der Waals surface area (Å²) in [6, 6.07) is 14.1. The van der Waals surface area contributed by atoms with Crippen LogP contribution in [0.3, 0.4) is 0 Å². The maximum Gasteiger partial charge on any atom is 0.180 e. The van der Waals surface area contributed by atoms with Gasteiger partial charge in [0, 0.05) is 18.3 Å². The van der Waals surface area contributed by atoms with Gasteiger partial charge in [-0.3, -0.25) is 4.40 Å². The normalized spacial score (nSPS) is 11.8. The smallest absolute Gasteiger partial charge is 0.180 e. The molecule has 2 heterocycles. The Morgan fingerprint density at radius 2 is 1.85 bits per heavy atom. The number of benzene rings is 2. The standard InChI is InChI=1S/C26H28F2N3OP/c1-5-30(3)15-18-11-12-24(33-4)19(14-18)25-17(2)29-26-23(10-7-13-31(25)26)32-16-20-21(27)8-6-9-22(20)28/h6-14,33H,5,15-16H2,1-4H3. The molecular weight excluding hydrogens is 439 g/mol. The minimum atomic E-state index is -0.621. The zero-order valence-corrected chi connectivity index (χ0v) is 20.3. The third kappa shape index (κ3) is 4.78. The fraction of sp³-hybridized carbons (Fsp3) is 0.269. The van der Waals surface area contributed by atoms with E-state index in [9.17, 15) is 8.78 Å². The zero-order valence-electron chi connectivity index (χ0n) is 19.3. The number of hydrogen-bond acceptors (Lipinski definition) is 3. The lowest BCUT2D eigenvalue weighted by molar-refractivity contribution is 0.294. The van der Waals surface area contributed by atoms with Crippen LogP contribution in [-0.2, 0) is 13.2 Å². The monoisotopic (exact) mass is 467 g/mol. The molecule has 0 bridgehead atoms. The number of nitrogens with zero attached hydrogens (tertiary/aromatic N) is 3. The molecule has 0 fully saturated rings. The van der Waals surface area contributed by atoms with Gasteiger partial charge >= 0.3 is 0 Å². The molecule has 0 aliphatic heterocycles. The Hall–Kier alpha value is -2.82. The molecule has 0 N–H and O–H groups in total. The van der Waals surface area contributed by atoms with E-state index in [1.165, 1.54) is 29.1 Å². The van der Waals surface area contributed by atoms with Crippen LogP contribution in [0.2, 0.25) is 0 Å². The van der Waals surface area contributed by atoms with Crippen LogP contribution in [0.25, 0.3) is 16.9 Å². The highest BCUT2D eigenvalue weighted by Crippen LogP contribution is 2.31. The molecule has 4 rings (SSSR count). The molecule has 0 radical (unpaired) electrons. The van der Waals surface area contributed by atoms with Gasteiger partial charge in [-0.15, -0.1) is 0 Å². The van der Waals surface area contributed by atoms with E-state index < -0.39 is 11.6 Å². The van der Waals surface area contributed by atoms with Crippen LogP contribution in [0.1, 0.15) is 23.7 Å². The minimum Gasteiger partial charge on any atom is -0.485 e. The topological polar surface area (TPSA) is 29.8 Å². The van der Waals surface area contributed by atoms with Gasteiger partial charge in [0.1, 0.15) is 18.2 Å². The lowest BCUT2D eigenvalue weighted by atomic mass is 10.1. The number of aromatic nitrogens is 2. The molecular formula is C26H28F2N3OP. The van der Waals surface area contributed by atoms with E-state index in [0.29, 0.717) is 20.0 Å². The van der Waals surface area contributed by atoms with Gasteiger partial charge in [-0.2, -0.15) is 0 Å². The molecule has 4 nitrogen and oxygen atoms in total. The second kappa shape index (κ2) is 9.98. The Morgan fingerprint density at radius 3 is 2.55 bits per heavy atom. The van der Waals surface area contributed by atoms with Crippen molar-refractivity contribution >= 4 is 19.5 Å². The van der Waals surface area contributed by atoms with Crippen LogP contribution in [0.15, 0.2) is 54.7 Å². The third-order valence-corrected chi connectivity index (χ3v) is 6.80. The molecule has 2 aromatic heterocycles. The molecule has 33 heavy (non-hydrogen) atoms. The molecule has 0 amide bonds. The summed E-state index contributed by atoms with van der Waals surface area (Å²) in [5.74, 6) is -0.758. The number of rotatable bonds is 8. The largest absolute Gasteiger partial charge is 0.485 e. The Bertz CT molecular complexity index is 1270. The molecule has 1 unspecified atom stereocenters. The van der Waals surface area contributed by atoms with Crippen LogP contribution in [-0.4, -0.2) is 34.5 Å². The first-order chi connectivity index (χ1) is 15.9. The number of imidazole rings is 1. The quantitative estimate of drug-likeness (QED) is 0.318. The van der Waals surface area contributed by atoms with E-state index in [1.807, 2.05) is 23.6 Å². The van der Waals surface area contributed by atoms with Gasteiger partial charge in [0.15, 0.2) is 11.4 Å². The number of fused-ring (bicyclic) bond motifs is 1. The summed E-state index contributed by atoms with van der Waals surface area (Å²) in [5.41, 5.74) is 4.82. The van der Waals surface area contributed by atoms with Gasteiger partial charge in [-0.05, 0) is 68.4 Å². The molecule has 0 aliphatic rings. The number of aryl methyl sites for hydroxylation is 1. The molecule has 0 spiro atoms. The summed E-state index contributed by atoms with van der Waals surface area (Å²) in [6.07, 6.45) is 1.95. The van der Waals surface area contributed by atoms with Gasteiger partial charge < -0.3 is 9.64 Å². The summed E-state index contributed by atoms with van der Waals surface area (Å²) in [7, 11) is 2.74. The van der Waals surface area contributed by atoms with E-state index in [0.717, 1.165) is 30.0 Å². The van der Waals surface area contributed by atoms with Crippen molar-refractivity contribution in [3.8, 4) is 17.0 Å². The van der Waals surface area contributed by atoms with Crippen molar-refractivity contribution in [3.63, 3.8) is 0 Å². The number of pyridine rings is 1. The second-order valence-electron chi connectivity index (χ2n) is 8.06. The SMILES string of the molecule is CCN(C)Cc1ccc(PC)c(-c2c(C)nc3c(OCc4c(F)cccc4F)cccn23)c1. The molecule has 7 heteroatoms. The highest BCUT2D eigenvalue weighted by molar-refractivity contribution is 7.46. The molecule has 0 aliphatic carbocycles. The summed E-state index contributed by atoms with van der Waals surface area (Å²) in [6.45, 7) is 7.94. The molecule has 4 aromatic rings. The molecule has 2 aromatic carbocycles. The molecule has 0 saturated heterocycles. The first-order valence-corrected chi connectivity index (χ1v) is 12.5. The lowest BCUT2D eigenvalue weighted by Gasteiger charge is -2.16. The van der Waals surface area contributed by atoms with Gasteiger partial charge in [-0.25, -0.2) is 13.8 Å². The fourth-order valence-corrected chi connectivity index (χ4v) is 4.65. The van der Waals surface area contributed by atoms with Crippen molar-refractivity contribution in [2.24, 2.45) is 0 Å². The maximum atomic E-state index is 14.1. The van der Waals surface area contributed by atoms with Gasteiger partial charge in [-0.1, -0.05) is 33.7 Å². The van der Waals surface area contributed by atoms with Crippen LogP contribution < -0.4 is 10.0 Å². The predicted molar refractivity (Wildman–Crippen MR) is 132 cm³/mol. The van der Waals surface area contributed by atoms with Crippen molar-refractivity contribution < 1.29 is 13.5 Å². The molecule has 0 saturated carbocycles. The van der Waals surface area contributed by atoms with Crippen LogP contribution in [0, 0.1) is 18.6 Å². The summed E-state index contributed by atoms with van der Waals surface area (Å²) in [4.78, 5) is 7.04. The second-order valence-corrected chi connectivity index (χ2v) is 9.10. The van der Waals surface area contributed by atoms with Gasteiger partial charge in [0.25, 0.3) is 0 Å². The Balaban J connectivity index is 1.75. The van der Waals surface area contributed by atoms with Crippen molar-refractivity contribution in [3.05, 3.63) is 83.2 Å². The fourth-order valence-electron chi connectivity index (χ4n) is 3.94. The highest BCUT2D eigenvalue weighted by atomic mass is 31.1. The maximum absolute atomic E-state index is 14.1. The van der Waals surface area contributed by atoms with Crippen molar-refractivity contribution in [2.45, 2.75) is 27.0 Å². The summed E-state index contributed by atoms with van der Waals surface area (Å²) >= 11 is 0. The molecule has 172 valence electrons. The van der Waals surface area contributed by atoms with E-state index in [2.05, 4.69) is 43.7 Å². The molecule has 1 atom stereocenters. The Kier molecular flexibility index (Phi) is 7.06. The van der Waals surface area contributed by atoms with E-state index in [1.54, 1.807) is 6.07 Å². The van der Waals surface area contributed by atoms with E-state index in [-0.39, 0.29) is 12.2 Å². The highest BCUT2D eigenvalue weighted by Gasteiger charge is 2.18. The number of halogens is 2. The first-order valence-electron chi connectivity index (χ1n) is 11.0. The Morgan fingerprint density at radius 1 is 1.09 bits per heavy atom. The van der Waals surface area contributed by atoms with Crippen molar-refractivity contribution in [1.82, 2.24) is 14.3 Å². The summed E-state index contributed by atoms with van der Waals surface area (Å²) in [5, 5.41) is 1.27. The van der Waals surface area contributed by atoms with Crippen LogP contribution in [0.4, 0.5) is 8.78 Å². The number of hydrogen-bond donors (Lipinski definition) is 0. The number of ether oxygens (including phenoxy) is 1. The van der Waals surface area contributed by atoms with E-state index >= 15 is 0 Å². The third-order valence-electron chi connectivity index (χ3n) is 5.82. The van der Waals surface area contributed by atoms with Crippen LogP contribution in [0.5, 0.6) is 5.75 Å². The van der Waals surface area contributed by atoms with E-state index in [4.69, 9.17) is 9.72 Å². The zero-order chi connectivity index (χ0) is 23.5. The minimum absolute atomic E-state index is 0.0924. The van der Waals surface area contributed by atoms with Crippen LogP contribution >= 0.6 is 8.58 Å². The van der Waals surface area contributed by atoms with Gasteiger partial charge in [0.05, 0.1) is 17.0 Å². The average molecular weight is 468 g/mol. The Labute approximate surface area is 195 Å². The van der Waals surface area contributed by atoms with Gasteiger partial charge in [0.2, 0.25) is 0 Å². The van der Waals surface area contributed by atoms with Crippen molar-refractivity contribution in [2.75, 3.05) is 20.3 Å². The average Bonchev–Trinajstić information content (AvgIpc) is 3.15. The summed E-state index contributed by atoms with van der Waals surface area (Å²) < 4.78 is 36.0. The predicted octanol–water partition coefficient (Wildman–Crippen LogP) is 5.55.